The summed E-state index contributed by atoms with van der Waals surface area (Å²) < 4.78 is 5.49. The lowest BCUT2D eigenvalue weighted by atomic mass is 10.1. The van der Waals surface area contributed by atoms with E-state index in [4.69, 9.17) is 4.74 Å². The third-order valence-corrected chi connectivity index (χ3v) is 3.07. The third kappa shape index (κ3) is 5.46. The van der Waals surface area contributed by atoms with Crippen LogP contribution in [0.2, 0.25) is 0 Å². The molecule has 6 nitrogen and oxygen atoms in total. The van der Waals surface area contributed by atoms with Crippen LogP contribution >= 0.6 is 0 Å². The highest BCUT2D eigenvalue weighted by atomic mass is 16.5. The van der Waals surface area contributed by atoms with Crippen molar-refractivity contribution in [3.63, 3.8) is 0 Å². The zero-order chi connectivity index (χ0) is 13.4. The van der Waals surface area contributed by atoms with E-state index in [0.29, 0.717) is 6.54 Å². The number of likely N-dealkylation sites (N-methyl/N-ethyl adjacent to an activating group) is 1. The second-order valence-corrected chi connectivity index (χ2v) is 4.45. The van der Waals surface area contributed by atoms with Crippen molar-refractivity contribution < 1.29 is 14.3 Å². The fourth-order valence-corrected chi connectivity index (χ4v) is 1.69. The number of rotatable bonds is 6. The highest BCUT2D eigenvalue weighted by molar-refractivity contribution is 5.85. The molecule has 0 aliphatic carbocycles. The smallest absolute Gasteiger partial charge is 0.246 e. The van der Waals surface area contributed by atoms with Gasteiger partial charge in [-0.1, -0.05) is 0 Å². The maximum absolute atomic E-state index is 11.5. The molecule has 0 aromatic carbocycles. The van der Waals surface area contributed by atoms with Crippen LogP contribution in [-0.4, -0.2) is 62.7 Å². The van der Waals surface area contributed by atoms with Gasteiger partial charge in [-0.25, -0.2) is 0 Å². The van der Waals surface area contributed by atoms with E-state index in [1.807, 2.05) is 6.92 Å². The molecule has 0 unspecified atom stereocenters. The van der Waals surface area contributed by atoms with E-state index in [1.54, 1.807) is 11.9 Å². The molecule has 0 aromatic heterocycles. The number of nitrogens with zero attached hydrogens (tertiary/aromatic N) is 1. The highest BCUT2D eigenvalue weighted by Crippen LogP contribution is 2.06. The number of ether oxygens (including phenoxy) is 1. The average molecular weight is 257 g/mol. The summed E-state index contributed by atoms with van der Waals surface area (Å²) in [6.07, 6.45) is 2.03. The second kappa shape index (κ2) is 8.05. The lowest BCUT2D eigenvalue weighted by Crippen LogP contribution is -2.40. The van der Waals surface area contributed by atoms with Crippen molar-refractivity contribution in [2.24, 2.45) is 0 Å². The first-order valence-electron chi connectivity index (χ1n) is 6.46. The van der Waals surface area contributed by atoms with Gasteiger partial charge in [0.05, 0.1) is 12.6 Å². The normalized spacial score (nSPS) is 16.3. The van der Waals surface area contributed by atoms with Crippen LogP contribution in [0.15, 0.2) is 0 Å². The molecule has 2 N–H and O–H groups in total. The van der Waals surface area contributed by atoms with Crippen LogP contribution < -0.4 is 10.6 Å². The average Bonchev–Trinajstić information content (AvgIpc) is 2.42. The summed E-state index contributed by atoms with van der Waals surface area (Å²) in [4.78, 5) is 24.5. The van der Waals surface area contributed by atoms with Gasteiger partial charge >= 0.3 is 0 Å². The van der Waals surface area contributed by atoms with E-state index in [2.05, 4.69) is 10.6 Å². The first kappa shape index (κ1) is 14.9. The molecule has 18 heavy (non-hydrogen) atoms. The van der Waals surface area contributed by atoms with Crippen LogP contribution in [0.1, 0.15) is 19.8 Å². The Morgan fingerprint density at radius 2 is 2.06 bits per heavy atom. The van der Waals surface area contributed by atoms with Crippen LogP contribution in [0.3, 0.4) is 0 Å². The van der Waals surface area contributed by atoms with E-state index in [9.17, 15) is 9.59 Å². The van der Waals surface area contributed by atoms with Gasteiger partial charge in [0, 0.05) is 13.6 Å². The number of amides is 2. The first-order valence-corrected chi connectivity index (χ1v) is 6.46. The molecule has 1 saturated heterocycles. The molecule has 0 aromatic rings. The van der Waals surface area contributed by atoms with Gasteiger partial charge in [-0.15, -0.1) is 0 Å². The quantitative estimate of drug-likeness (QED) is 0.663. The minimum atomic E-state index is -0.230. The van der Waals surface area contributed by atoms with Gasteiger partial charge < -0.3 is 20.3 Å². The summed E-state index contributed by atoms with van der Waals surface area (Å²) in [6.45, 7) is 4.48. The Bertz CT molecular complexity index is 278. The van der Waals surface area contributed by atoms with Crippen LogP contribution in [0.5, 0.6) is 0 Å². The largest absolute Gasteiger partial charge is 0.368 e. The molecular formula is C12H23N3O3. The minimum Gasteiger partial charge on any atom is -0.368 e. The monoisotopic (exact) mass is 257 g/mol. The van der Waals surface area contributed by atoms with Crippen LogP contribution in [-0.2, 0) is 14.3 Å². The van der Waals surface area contributed by atoms with Crippen LogP contribution in [0.25, 0.3) is 0 Å². The molecule has 1 aliphatic rings. The Balaban J connectivity index is 2.11. The number of hydrogen-bond acceptors (Lipinski definition) is 4. The first-order chi connectivity index (χ1) is 8.63. The summed E-state index contributed by atoms with van der Waals surface area (Å²) in [6, 6.07) is 0. The van der Waals surface area contributed by atoms with Crippen molar-refractivity contribution >= 4 is 11.8 Å². The van der Waals surface area contributed by atoms with E-state index in [1.165, 1.54) is 0 Å². The zero-order valence-electron chi connectivity index (χ0n) is 11.2. The lowest BCUT2D eigenvalue weighted by molar-refractivity contribution is -0.134. The number of carbonyl (C=O) groups excluding carboxylic acids is 2. The van der Waals surface area contributed by atoms with Crippen molar-refractivity contribution in [3.8, 4) is 0 Å². The molecule has 2 amide bonds. The number of nitrogens with one attached hydrogen (secondary N) is 2. The van der Waals surface area contributed by atoms with Gasteiger partial charge in [0.1, 0.15) is 6.61 Å². The number of carbonyl (C=O) groups is 2. The topological polar surface area (TPSA) is 70.7 Å². The van der Waals surface area contributed by atoms with Gasteiger partial charge in [-0.2, -0.15) is 0 Å². The summed E-state index contributed by atoms with van der Waals surface area (Å²) >= 11 is 0. The lowest BCUT2D eigenvalue weighted by Gasteiger charge is -2.22. The molecule has 6 heteroatoms. The number of piperidine rings is 1. The Labute approximate surface area is 108 Å². The molecule has 104 valence electrons. The van der Waals surface area contributed by atoms with Gasteiger partial charge in [0.2, 0.25) is 11.8 Å². The Hall–Kier alpha value is -1.14. The molecule has 1 rings (SSSR count). The van der Waals surface area contributed by atoms with E-state index in [0.717, 1.165) is 25.9 Å². The van der Waals surface area contributed by atoms with Crippen molar-refractivity contribution in [1.82, 2.24) is 15.5 Å². The standard InChI is InChI=1S/C12H23N3O3/c1-3-15(2)12(17)8-14-11(16)9-18-10-4-6-13-7-5-10/h10,13H,3-9H2,1-2H3,(H,14,16). The van der Waals surface area contributed by atoms with Gasteiger partial charge in [0.25, 0.3) is 0 Å². The van der Waals surface area contributed by atoms with Crippen molar-refractivity contribution in [2.75, 3.05) is 39.8 Å². The highest BCUT2D eigenvalue weighted by Gasteiger charge is 2.15. The fourth-order valence-electron chi connectivity index (χ4n) is 1.69. The van der Waals surface area contributed by atoms with Gasteiger partial charge in [0.15, 0.2) is 0 Å². The van der Waals surface area contributed by atoms with E-state index < -0.39 is 0 Å². The predicted molar refractivity (Wildman–Crippen MR) is 68.2 cm³/mol. The second-order valence-electron chi connectivity index (χ2n) is 4.45. The molecule has 1 fully saturated rings. The zero-order valence-corrected chi connectivity index (χ0v) is 11.2. The molecular weight excluding hydrogens is 234 g/mol. The number of hydrogen-bond donors (Lipinski definition) is 2. The predicted octanol–water partition coefficient (Wildman–Crippen LogP) is -0.650. The Morgan fingerprint density at radius 3 is 2.67 bits per heavy atom. The van der Waals surface area contributed by atoms with Gasteiger partial charge in [-0.05, 0) is 32.9 Å². The molecule has 0 atom stereocenters. The van der Waals surface area contributed by atoms with E-state index in [-0.39, 0.29) is 31.1 Å². The van der Waals surface area contributed by atoms with Crippen LogP contribution in [0, 0.1) is 0 Å². The molecule has 1 heterocycles. The molecule has 0 saturated carbocycles. The summed E-state index contributed by atoms with van der Waals surface area (Å²) in [5.74, 6) is -0.320. The maximum atomic E-state index is 11.5. The van der Waals surface area contributed by atoms with Crippen molar-refractivity contribution in [2.45, 2.75) is 25.9 Å². The molecule has 0 radical (unpaired) electrons. The van der Waals surface area contributed by atoms with Crippen molar-refractivity contribution in [3.05, 3.63) is 0 Å². The van der Waals surface area contributed by atoms with Gasteiger partial charge in [-0.3, -0.25) is 9.59 Å². The van der Waals surface area contributed by atoms with E-state index >= 15 is 0 Å². The minimum absolute atomic E-state index is 0.0355. The molecule has 0 spiro atoms. The third-order valence-electron chi connectivity index (χ3n) is 3.07. The Morgan fingerprint density at radius 1 is 1.39 bits per heavy atom. The van der Waals surface area contributed by atoms with Crippen molar-refractivity contribution in [1.29, 1.82) is 0 Å². The SMILES string of the molecule is CCN(C)C(=O)CNC(=O)COC1CCNCC1. The molecule has 1 aliphatic heterocycles. The summed E-state index contributed by atoms with van der Waals surface area (Å²) in [5.41, 5.74) is 0. The summed E-state index contributed by atoms with van der Waals surface area (Å²) in [7, 11) is 1.71. The molecule has 0 bridgehead atoms. The fraction of sp³-hybridized carbons (Fsp3) is 0.833. The van der Waals surface area contributed by atoms with Crippen LogP contribution in [0.4, 0.5) is 0 Å². The maximum Gasteiger partial charge on any atom is 0.246 e. The summed E-state index contributed by atoms with van der Waals surface area (Å²) in [5, 5.41) is 5.80. The Kier molecular flexibility index (Phi) is 6.67.